The normalized spacial score (nSPS) is 11.6. The first-order chi connectivity index (χ1) is 12.6. The first kappa shape index (κ1) is 17.3. The highest BCUT2D eigenvalue weighted by atomic mass is 16.2. The van der Waals surface area contributed by atoms with Gasteiger partial charge < -0.3 is 10.6 Å². The fraction of sp³-hybridized carbons (Fsp3) is 0.158. The van der Waals surface area contributed by atoms with E-state index in [-0.39, 0.29) is 6.04 Å². The lowest BCUT2D eigenvalue weighted by Gasteiger charge is -2.12. The van der Waals surface area contributed by atoms with Crippen LogP contribution in [0.15, 0.2) is 67.3 Å². The van der Waals surface area contributed by atoms with Crippen LogP contribution in [0.3, 0.4) is 0 Å². The minimum atomic E-state index is -0.735. The fourth-order valence-electron chi connectivity index (χ4n) is 2.43. The lowest BCUT2D eigenvalue weighted by molar-refractivity contribution is -0.136. The number of carbonyl (C=O) groups is 2. The average Bonchev–Trinajstić information content (AvgIpc) is 3.12. The van der Waals surface area contributed by atoms with E-state index in [1.807, 2.05) is 36.5 Å². The van der Waals surface area contributed by atoms with Gasteiger partial charge in [-0.3, -0.25) is 19.3 Å². The Morgan fingerprint density at radius 3 is 2.62 bits per heavy atom. The summed E-state index contributed by atoms with van der Waals surface area (Å²) in [5.74, 6) is -1.45. The third-order valence-electron chi connectivity index (χ3n) is 3.81. The highest BCUT2D eigenvalue weighted by Gasteiger charge is 2.18. The molecule has 2 heterocycles. The molecule has 0 saturated heterocycles. The fourth-order valence-corrected chi connectivity index (χ4v) is 2.43. The largest absolute Gasteiger partial charge is 0.341 e. The van der Waals surface area contributed by atoms with Crippen molar-refractivity contribution in [1.29, 1.82) is 0 Å². The number of nitrogens with one attached hydrogen (secondary N) is 2. The van der Waals surface area contributed by atoms with Crippen LogP contribution < -0.4 is 10.6 Å². The molecule has 2 aromatic heterocycles. The average molecular weight is 349 g/mol. The Hall–Kier alpha value is -3.48. The summed E-state index contributed by atoms with van der Waals surface area (Å²) >= 11 is 0. The van der Waals surface area contributed by atoms with Gasteiger partial charge in [0.2, 0.25) is 0 Å². The molecule has 2 N–H and O–H groups in total. The van der Waals surface area contributed by atoms with Gasteiger partial charge in [0.1, 0.15) is 0 Å². The topological polar surface area (TPSA) is 88.9 Å². The number of hydrogen-bond donors (Lipinski definition) is 2. The second-order valence-electron chi connectivity index (χ2n) is 5.85. The second kappa shape index (κ2) is 8.06. The van der Waals surface area contributed by atoms with Crippen molar-refractivity contribution in [2.24, 2.45) is 0 Å². The predicted octanol–water partition coefficient (Wildman–Crippen LogP) is 2.14. The van der Waals surface area contributed by atoms with Gasteiger partial charge >= 0.3 is 11.8 Å². The third-order valence-corrected chi connectivity index (χ3v) is 3.81. The van der Waals surface area contributed by atoms with E-state index in [0.717, 1.165) is 11.1 Å². The molecule has 0 aliphatic rings. The molecule has 2 amide bonds. The van der Waals surface area contributed by atoms with Gasteiger partial charge in [-0.15, -0.1) is 0 Å². The van der Waals surface area contributed by atoms with Crippen LogP contribution in [-0.2, 0) is 16.1 Å². The SMILES string of the molecule is C[C@H](NC(=O)C(=O)Nc1cccnc1)c1cnn(Cc2ccccc2)c1. The molecule has 7 heteroatoms. The summed E-state index contributed by atoms with van der Waals surface area (Å²) in [4.78, 5) is 27.9. The predicted molar refractivity (Wildman–Crippen MR) is 97.2 cm³/mol. The summed E-state index contributed by atoms with van der Waals surface area (Å²) in [7, 11) is 0. The Morgan fingerprint density at radius 2 is 1.88 bits per heavy atom. The van der Waals surface area contributed by atoms with E-state index in [4.69, 9.17) is 0 Å². The van der Waals surface area contributed by atoms with E-state index in [0.29, 0.717) is 12.2 Å². The molecule has 1 atom stereocenters. The quantitative estimate of drug-likeness (QED) is 0.691. The minimum absolute atomic E-state index is 0.341. The molecular weight excluding hydrogens is 330 g/mol. The smallest absolute Gasteiger partial charge is 0.313 e. The van der Waals surface area contributed by atoms with E-state index < -0.39 is 11.8 Å². The lowest BCUT2D eigenvalue weighted by atomic mass is 10.2. The van der Waals surface area contributed by atoms with Crippen LogP contribution in [0.25, 0.3) is 0 Å². The number of pyridine rings is 1. The summed E-state index contributed by atoms with van der Waals surface area (Å²) in [6.45, 7) is 2.45. The third kappa shape index (κ3) is 4.54. The maximum atomic E-state index is 12.1. The summed E-state index contributed by atoms with van der Waals surface area (Å²) in [5.41, 5.74) is 2.43. The van der Waals surface area contributed by atoms with Crippen molar-refractivity contribution in [3.05, 3.63) is 78.4 Å². The molecule has 3 aromatic rings. The van der Waals surface area contributed by atoms with Crippen molar-refractivity contribution in [2.45, 2.75) is 19.5 Å². The monoisotopic (exact) mass is 349 g/mol. The Labute approximate surface area is 151 Å². The molecule has 0 aliphatic heterocycles. The highest BCUT2D eigenvalue weighted by molar-refractivity contribution is 6.39. The first-order valence-electron chi connectivity index (χ1n) is 8.20. The van der Waals surface area contributed by atoms with Crippen molar-refractivity contribution in [3.8, 4) is 0 Å². The zero-order valence-corrected chi connectivity index (χ0v) is 14.3. The van der Waals surface area contributed by atoms with Crippen LogP contribution in [0.5, 0.6) is 0 Å². The number of aromatic nitrogens is 3. The Kier molecular flexibility index (Phi) is 5.38. The summed E-state index contributed by atoms with van der Waals surface area (Å²) in [6, 6.07) is 13.0. The van der Waals surface area contributed by atoms with E-state index in [1.54, 1.807) is 36.1 Å². The molecule has 0 spiro atoms. The zero-order chi connectivity index (χ0) is 18.4. The van der Waals surface area contributed by atoms with Crippen LogP contribution in [-0.4, -0.2) is 26.6 Å². The number of benzene rings is 1. The minimum Gasteiger partial charge on any atom is -0.341 e. The van der Waals surface area contributed by atoms with E-state index in [1.165, 1.54) is 6.20 Å². The molecule has 0 saturated carbocycles. The van der Waals surface area contributed by atoms with E-state index >= 15 is 0 Å². The van der Waals surface area contributed by atoms with Crippen molar-refractivity contribution in [3.63, 3.8) is 0 Å². The van der Waals surface area contributed by atoms with Gasteiger partial charge in [-0.25, -0.2) is 0 Å². The van der Waals surface area contributed by atoms with Gasteiger partial charge in [0.15, 0.2) is 0 Å². The molecule has 132 valence electrons. The number of amides is 2. The van der Waals surface area contributed by atoms with E-state index in [9.17, 15) is 9.59 Å². The number of anilines is 1. The molecular formula is C19H19N5O2. The van der Waals surface area contributed by atoms with Gasteiger partial charge in [0.25, 0.3) is 0 Å². The first-order valence-corrected chi connectivity index (χ1v) is 8.20. The lowest BCUT2D eigenvalue weighted by Crippen LogP contribution is -2.36. The highest BCUT2D eigenvalue weighted by Crippen LogP contribution is 2.12. The molecule has 0 radical (unpaired) electrons. The van der Waals surface area contributed by atoms with E-state index in [2.05, 4.69) is 20.7 Å². The molecule has 7 nitrogen and oxygen atoms in total. The van der Waals surface area contributed by atoms with Crippen LogP contribution in [0, 0.1) is 0 Å². The van der Waals surface area contributed by atoms with Gasteiger partial charge in [-0.05, 0) is 24.6 Å². The summed E-state index contributed by atoms with van der Waals surface area (Å²) in [6.07, 6.45) is 6.61. The van der Waals surface area contributed by atoms with Crippen LogP contribution >= 0.6 is 0 Å². The van der Waals surface area contributed by atoms with Gasteiger partial charge in [-0.2, -0.15) is 5.10 Å². The Balaban J connectivity index is 1.56. The molecule has 0 aliphatic carbocycles. The molecule has 0 bridgehead atoms. The Bertz CT molecular complexity index is 877. The van der Waals surface area contributed by atoms with Crippen molar-refractivity contribution >= 4 is 17.5 Å². The molecule has 1 aromatic carbocycles. The number of rotatable bonds is 5. The van der Waals surface area contributed by atoms with Crippen LogP contribution in [0.4, 0.5) is 5.69 Å². The Morgan fingerprint density at radius 1 is 1.08 bits per heavy atom. The number of carbonyl (C=O) groups excluding carboxylic acids is 2. The van der Waals surface area contributed by atoms with Crippen molar-refractivity contribution in [2.75, 3.05) is 5.32 Å². The van der Waals surface area contributed by atoms with Gasteiger partial charge in [-0.1, -0.05) is 30.3 Å². The standard InChI is InChI=1S/C19H19N5O2/c1-14(22-18(25)19(26)23-17-8-5-9-20-11-17)16-10-21-24(13-16)12-15-6-3-2-4-7-15/h2-11,13-14H,12H2,1H3,(H,22,25)(H,23,26)/t14-/m0/s1. The molecule has 3 rings (SSSR count). The second-order valence-corrected chi connectivity index (χ2v) is 5.85. The van der Waals surface area contributed by atoms with Crippen LogP contribution in [0.2, 0.25) is 0 Å². The summed E-state index contributed by atoms with van der Waals surface area (Å²) < 4.78 is 1.79. The molecule has 0 fully saturated rings. The van der Waals surface area contributed by atoms with Gasteiger partial charge in [0.05, 0.1) is 30.7 Å². The van der Waals surface area contributed by atoms with Gasteiger partial charge in [0, 0.05) is 18.0 Å². The number of hydrogen-bond acceptors (Lipinski definition) is 4. The molecule has 26 heavy (non-hydrogen) atoms. The van der Waals surface area contributed by atoms with Crippen molar-refractivity contribution in [1.82, 2.24) is 20.1 Å². The molecule has 0 unspecified atom stereocenters. The van der Waals surface area contributed by atoms with Crippen LogP contribution in [0.1, 0.15) is 24.1 Å². The number of nitrogens with zero attached hydrogens (tertiary/aromatic N) is 3. The maximum absolute atomic E-state index is 12.1. The summed E-state index contributed by atoms with van der Waals surface area (Å²) in [5, 5.41) is 9.48. The zero-order valence-electron chi connectivity index (χ0n) is 14.3. The van der Waals surface area contributed by atoms with Crippen molar-refractivity contribution < 1.29 is 9.59 Å². The maximum Gasteiger partial charge on any atom is 0.313 e.